The molecule has 7 nitrogen and oxygen atoms in total. The second kappa shape index (κ2) is 14.2. The fraction of sp³-hybridized carbons (Fsp3) is 0.467. The van der Waals surface area contributed by atoms with Gasteiger partial charge >= 0.3 is 12.4 Å². The molecule has 0 spiro atoms. The molecule has 1 amide bonds. The number of thioether (sulfide) groups is 1. The Balaban J connectivity index is 1.39. The number of alkyl halides is 6. The van der Waals surface area contributed by atoms with Crippen LogP contribution in [0.3, 0.4) is 0 Å². The number of hydrogen-bond donors (Lipinski definition) is 0. The van der Waals surface area contributed by atoms with Gasteiger partial charge < -0.3 is 19.3 Å². The third kappa shape index (κ3) is 8.48. The Morgan fingerprint density at radius 1 is 0.955 bits per heavy atom. The summed E-state index contributed by atoms with van der Waals surface area (Å²) in [6.45, 7) is 11.0. The lowest BCUT2D eigenvalue weighted by atomic mass is 10.0. The smallest absolute Gasteiger partial charge is 0.416 e. The van der Waals surface area contributed by atoms with Crippen LogP contribution in [-0.2, 0) is 23.8 Å². The fourth-order valence-corrected chi connectivity index (χ4v) is 5.83. The molecule has 0 unspecified atom stereocenters. The van der Waals surface area contributed by atoms with Gasteiger partial charge in [-0.15, -0.1) is 0 Å². The van der Waals surface area contributed by atoms with Gasteiger partial charge in [-0.05, 0) is 60.8 Å². The number of amides is 1. The molecule has 1 saturated heterocycles. The SMILES string of the molecule is CCN(CC)CCN1CCN(C2=NC(=O)C(=Cc3ccc(OCc4ccc(C(F)(F)F)cc4C(F)(F)F)c(OC)c3)S2)CC1. The zero-order valence-corrected chi connectivity index (χ0v) is 25.4. The van der Waals surface area contributed by atoms with Gasteiger partial charge in [-0.2, -0.15) is 31.3 Å². The quantitative estimate of drug-likeness (QED) is 0.224. The van der Waals surface area contributed by atoms with Crippen LogP contribution in [-0.4, -0.2) is 85.2 Å². The minimum absolute atomic E-state index is 0.0746. The summed E-state index contributed by atoms with van der Waals surface area (Å²) in [7, 11) is 1.34. The first-order valence-electron chi connectivity index (χ1n) is 14.1. The Hall–Kier alpha value is -3.23. The zero-order valence-electron chi connectivity index (χ0n) is 24.6. The third-order valence-electron chi connectivity index (χ3n) is 7.49. The number of methoxy groups -OCH3 is 1. The van der Waals surface area contributed by atoms with Crippen molar-refractivity contribution in [1.82, 2.24) is 14.7 Å². The number of nitrogens with zero attached hydrogens (tertiary/aromatic N) is 4. The summed E-state index contributed by atoms with van der Waals surface area (Å²) in [5.41, 5.74) is -2.71. The van der Waals surface area contributed by atoms with Crippen molar-refractivity contribution >= 4 is 28.9 Å². The van der Waals surface area contributed by atoms with E-state index in [0.717, 1.165) is 58.4 Å². The molecule has 2 aromatic carbocycles. The van der Waals surface area contributed by atoms with Gasteiger partial charge in [0.1, 0.15) is 6.61 Å². The van der Waals surface area contributed by atoms with Gasteiger partial charge in [-0.1, -0.05) is 26.0 Å². The monoisotopic (exact) mass is 644 g/mol. The molecule has 14 heteroatoms. The van der Waals surface area contributed by atoms with Crippen molar-refractivity contribution in [2.75, 3.05) is 59.5 Å². The Labute approximate surface area is 256 Å². The van der Waals surface area contributed by atoms with Gasteiger partial charge in [-0.3, -0.25) is 9.69 Å². The predicted molar refractivity (Wildman–Crippen MR) is 158 cm³/mol. The van der Waals surface area contributed by atoms with Crippen LogP contribution in [0.2, 0.25) is 0 Å². The molecule has 2 aromatic rings. The molecule has 2 heterocycles. The van der Waals surface area contributed by atoms with E-state index >= 15 is 0 Å². The van der Waals surface area contributed by atoms with Gasteiger partial charge in [0.2, 0.25) is 0 Å². The normalized spacial score (nSPS) is 17.5. The summed E-state index contributed by atoms with van der Waals surface area (Å²) in [6.07, 6.45) is -8.28. The second-order valence-electron chi connectivity index (χ2n) is 10.2. The second-order valence-corrected chi connectivity index (χ2v) is 11.2. The van der Waals surface area contributed by atoms with E-state index in [1.54, 1.807) is 18.2 Å². The molecule has 0 aliphatic carbocycles. The van der Waals surface area contributed by atoms with E-state index in [2.05, 4.69) is 33.5 Å². The highest BCUT2D eigenvalue weighted by Crippen LogP contribution is 2.39. The Bertz CT molecular complexity index is 1380. The summed E-state index contributed by atoms with van der Waals surface area (Å²) in [5.74, 6) is -0.101. The molecule has 1 fully saturated rings. The van der Waals surface area contributed by atoms with Gasteiger partial charge in [-0.25, -0.2) is 0 Å². The highest BCUT2D eigenvalue weighted by Gasteiger charge is 2.38. The van der Waals surface area contributed by atoms with Gasteiger partial charge in [0, 0.05) is 44.8 Å². The van der Waals surface area contributed by atoms with Crippen molar-refractivity contribution in [3.05, 3.63) is 63.6 Å². The summed E-state index contributed by atoms with van der Waals surface area (Å²) in [4.78, 5) is 24.2. The predicted octanol–water partition coefficient (Wildman–Crippen LogP) is 6.24. The van der Waals surface area contributed by atoms with Gasteiger partial charge in [0.15, 0.2) is 16.7 Å². The van der Waals surface area contributed by atoms with E-state index < -0.39 is 35.6 Å². The van der Waals surface area contributed by atoms with Crippen LogP contribution >= 0.6 is 11.8 Å². The van der Waals surface area contributed by atoms with E-state index in [1.807, 2.05) is 0 Å². The molecule has 4 rings (SSSR count). The number of aliphatic imine (C=N–C) groups is 1. The molecule has 0 atom stereocenters. The minimum Gasteiger partial charge on any atom is -0.493 e. The van der Waals surface area contributed by atoms with E-state index in [0.29, 0.717) is 21.7 Å². The van der Waals surface area contributed by atoms with Crippen molar-refractivity contribution in [1.29, 1.82) is 0 Å². The van der Waals surface area contributed by atoms with Gasteiger partial charge in [0.25, 0.3) is 5.91 Å². The first kappa shape index (κ1) is 33.7. The molecule has 2 aliphatic rings. The third-order valence-corrected chi connectivity index (χ3v) is 8.53. The number of halogens is 6. The van der Waals surface area contributed by atoms with Crippen molar-refractivity contribution in [3.63, 3.8) is 0 Å². The largest absolute Gasteiger partial charge is 0.493 e. The first-order chi connectivity index (χ1) is 20.8. The van der Waals surface area contributed by atoms with Crippen LogP contribution in [0.4, 0.5) is 26.3 Å². The van der Waals surface area contributed by atoms with E-state index in [-0.39, 0.29) is 23.5 Å². The number of ether oxygens (including phenoxy) is 2. The maximum Gasteiger partial charge on any atom is 0.416 e. The van der Waals surface area contributed by atoms with Crippen molar-refractivity contribution in [3.8, 4) is 11.5 Å². The summed E-state index contributed by atoms with van der Waals surface area (Å²) < 4.78 is 90.4. The standard InChI is InChI=1S/C30H34F6N4O3S/c1-4-38(5-2)10-11-39-12-14-40(15-13-39)28-37-27(41)26(44-28)17-20-6-9-24(25(16-20)42-3)43-19-21-7-8-22(29(31,32)33)18-23(21)30(34,35)36/h6-9,16-18H,4-5,10-15,19H2,1-3H3. The lowest BCUT2D eigenvalue weighted by Crippen LogP contribution is -2.49. The maximum absolute atomic E-state index is 13.5. The van der Waals surface area contributed by atoms with Crippen LogP contribution in [0.15, 0.2) is 46.3 Å². The summed E-state index contributed by atoms with van der Waals surface area (Å²) in [5, 5.41) is 0.647. The molecule has 2 aliphatic heterocycles. The molecule has 240 valence electrons. The summed E-state index contributed by atoms with van der Waals surface area (Å²) >= 11 is 1.28. The molecule has 0 radical (unpaired) electrons. The highest BCUT2D eigenvalue weighted by atomic mass is 32.2. The summed E-state index contributed by atoms with van der Waals surface area (Å²) in [6, 6.07) is 6.03. The van der Waals surface area contributed by atoms with Crippen LogP contribution in [0.25, 0.3) is 6.08 Å². The molecule has 0 bridgehead atoms. The molecular formula is C30H34F6N4O3S. The zero-order chi connectivity index (χ0) is 32.1. The van der Waals surface area contributed by atoms with E-state index in [9.17, 15) is 31.1 Å². The number of carbonyl (C=O) groups excluding carboxylic acids is 1. The van der Waals surface area contributed by atoms with E-state index in [1.165, 1.54) is 24.9 Å². The Kier molecular flexibility index (Phi) is 10.9. The average Bonchev–Trinajstić information content (AvgIpc) is 3.35. The van der Waals surface area contributed by atoms with Crippen LogP contribution < -0.4 is 9.47 Å². The van der Waals surface area contributed by atoms with Crippen molar-refractivity contribution in [2.45, 2.75) is 32.8 Å². The molecule has 0 saturated carbocycles. The van der Waals surface area contributed by atoms with E-state index in [4.69, 9.17) is 9.47 Å². The Morgan fingerprint density at radius 3 is 2.27 bits per heavy atom. The Morgan fingerprint density at radius 2 is 1.66 bits per heavy atom. The number of carbonyl (C=O) groups is 1. The number of likely N-dealkylation sites (N-methyl/N-ethyl adjacent to an activating group) is 1. The number of benzene rings is 2. The molecular weight excluding hydrogens is 610 g/mol. The number of piperazine rings is 1. The molecule has 44 heavy (non-hydrogen) atoms. The number of hydrogen-bond acceptors (Lipinski definition) is 7. The number of amidine groups is 1. The topological polar surface area (TPSA) is 57.6 Å². The van der Waals surface area contributed by atoms with Crippen LogP contribution in [0.5, 0.6) is 11.5 Å². The van der Waals surface area contributed by atoms with Crippen molar-refractivity contribution in [2.24, 2.45) is 4.99 Å². The maximum atomic E-state index is 13.5. The first-order valence-corrected chi connectivity index (χ1v) is 14.9. The lowest BCUT2D eigenvalue weighted by Gasteiger charge is -2.36. The number of rotatable bonds is 10. The van der Waals surface area contributed by atoms with Gasteiger partial charge in [0.05, 0.1) is 23.1 Å². The fourth-order valence-electron chi connectivity index (χ4n) is 4.86. The van der Waals surface area contributed by atoms with Crippen LogP contribution in [0, 0.1) is 0 Å². The lowest BCUT2D eigenvalue weighted by molar-refractivity contribution is -0.143. The van der Waals surface area contributed by atoms with Crippen LogP contribution in [0.1, 0.15) is 36.1 Å². The molecule has 0 N–H and O–H groups in total. The van der Waals surface area contributed by atoms with Crippen molar-refractivity contribution < 1.29 is 40.6 Å². The molecule has 0 aromatic heterocycles. The minimum atomic E-state index is -5.01. The average molecular weight is 645 g/mol. The highest BCUT2D eigenvalue weighted by molar-refractivity contribution is 8.18.